The van der Waals surface area contributed by atoms with Crippen molar-refractivity contribution >= 4 is 0 Å². The van der Waals surface area contributed by atoms with Crippen LogP contribution in [-0.4, -0.2) is 11.5 Å². The third-order valence-electron chi connectivity index (χ3n) is 2.01. The molecule has 1 aliphatic carbocycles. The number of nitrogens with zero attached hydrogens (tertiary/aromatic N) is 1. The molecule has 1 atom stereocenters. The van der Waals surface area contributed by atoms with Gasteiger partial charge < -0.3 is 0 Å². The summed E-state index contributed by atoms with van der Waals surface area (Å²) in [6.07, 6.45) is 5.26. The number of rotatable bonds is 2. The van der Waals surface area contributed by atoms with Crippen LogP contribution in [-0.2, 0) is 0 Å². The predicted octanol–water partition coefficient (Wildman–Crippen LogP) is 2.01. The van der Waals surface area contributed by atoms with E-state index in [2.05, 4.69) is 6.92 Å². The molecule has 3 nitrogen and oxygen atoms in total. The lowest BCUT2D eigenvalue weighted by Gasteiger charge is -2.14. The highest BCUT2D eigenvalue weighted by Gasteiger charge is 2.12. The molecule has 11 heavy (non-hydrogen) atoms. The second kappa shape index (κ2) is 3.51. The summed E-state index contributed by atoms with van der Waals surface area (Å²) >= 11 is 0. The molecule has 1 aliphatic rings. The lowest BCUT2D eigenvalue weighted by atomic mass is 9.92. The number of hydrogen-bond donors (Lipinski definition) is 0. The van der Waals surface area contributed by atoms with Crippen molar-refractivity contribution in [2.24, 2.45) is 5.92 Å². The Morgan fingerprint density at radius 2 is 2.55 bits per heavy atom. The summed E-state index contributed by atoms with van der Waals surface area (Å²) in [4.78, 5) is 9.89. The molecular weight excluding hydrogens is 142 g/mol. The fourth-order valence-electron chi connectivity index (χ4n) is 1.52. The molecule has 0 heterocycles. The molecule has 62 valence electrons. The first-order chi connectivity index (χ1) is 5.18. The summed E-state index contributed by atoms with van der Waals surface area (Å²) < 4.78 is 0. The van der Waals surface area contributed by atoms with Gasteiger partial charge in [-0.3, -0.25) is 10.1 Å². The molecule has 0 aromatic heterocycles. The van der Waals surface area contributed by atoms with Crippen LogP contribution in [0.3, 0.4) is 0 Å². The zero-order valence-corrected chi connectivity index (χ0v) is 6.75. The summed E-state index contributed by atoms with van der Waals surface area (Å²) in [7, 11) is 0. The van der Waals surface area contributed by atoms with Gasteiger partial charge in [0.25, 0.3) is 0 Å². The van der Waals surface area contributed by atoms with E-state index in [1.165, 1.54) is 6.42 Å². The van der Waals surface area contributed by atoms with Crippen LogP contribution in [0.5, 0.6) is 0 Å². The van der Waals surface area contributed by atoms with Crippen molar-refractivity contribution in [3.63, 3.8) is 0 Å². The average Bonchev–Trinajstić information content (AvgIpc) is 1.85. The lowest BCUT2D eigenvalue weighted by Crippen LogP contribution is -2.09. The Morgan fingerprint density at radius 3 is 3.09 bits per heavy atom. The molecule has 0 N–H and O–H groups in total. The zero-order valence-electron chi connectivity index (χ0n) is 6.75. The van der Waals surface area contributed by atoms with Gasteiger partial charge in [0, 0.05) is 4.92 Å². The monoisotopic (exact) mass is 155 g/mol. The van der Waals surface area contributed by atoms with Crippen molar-refractivity contribution in [1.82, 2.24) is 0 Å². The molecule has 0 amide bonds. The van der Waals surface area contributed by atoms with Crippen LogP contribution >= 0.6 is 0 Å². The highest BCUT2D eigenvalue weighted by atomic mass is 16.6. The van der Waals surface area contributed by atoms with Gasteiger partial charge in [0.2, 0.25) is 6.54 Å². The minimum Gasteiger partial charge on any atom is -0.264 e. The van der Waals surface area contributed by atoms with Gasteiger partial charge in [0.1, 0.15) is 0 Å². The Bertz CT molecular complexity index is 187. The van der Waals surface area contributed by atoms with E-state index in [0.29, 0.717) is 5.92 Å². The molecule has 0 saturated carbocycles. The first-order valence-corrected chi connectivity index (χ1v) is 4.00. The Kier molecular flexibility index (Phi) is 2.63. The Hall–Kier alpha value is -0.860. The molecule has 0 saturated heterocycles. The van der Waals surface area contributed by atoms with E-state index in [1.54, 1.807) is 0 Å². The van der Waals surface area contributed by atoms with Gasteiger partial charge in [-0.2, -0.15) is 0 Å². The first-order valence-electron chi connectivity index (χ1n) is 4.00. The minimum absolute atomic E-state index is 0.0460. The minimum atomic E-state index is -0.246. The van der Waals surface area contributed by atoms with Gasteiger partial charge in [-0.15, -0.1) is 0 Å². The molecule has 0 fully saturated rings. The van der Waals surface area contributed by atoms with Crippen LogP contribution in [0.1, 0.15) is 26.2 Å². The second-order valence-corrected chi connectivity index (χ2v) is 3.19. The molecule has 3 heteroatoms. The van der Waals surface area contributed by atoms with Gasteiger partial charge >= 0.3 is 0 Å². The molecule has 0 bridgehead atoms. The molecule has 1 rings (SSSR count). The summed E-state index contributed by atoms with van der Waals surface area (Å²) in [6, 6.07) is 0. The topological polar surface area (TPSA) is 43.1 Å². The fourth-order valence-corrected chi connectivity index (χ4v) is 1.52. The van der Waals surface area contributed by atoms with Crippen molar-refractivity contribution in [3.8, 4) is 0 Å². The summed E-state index contributed by atoms with van der Waals surface area (Å²) in [5.41, 5.74) is 1.01. The third kappa shape index (κ3) is 2.70. The van der Waals surface area contributed by atoms with Gasteiger partial charge in [-0.05, 0) is 30.8 Å². The maximum Gasteiger partial charge on any atom is 0.224 e. The van der Waals surface area contributed by atoms with Gasteiger partial charge in [-0.25, -0.2) is 0 Å². The van der Waals surface area contributed by atoms with Crippen LogP contribution in [0.15, 0.2) is 11.6 Å². The van der Waals surface area contributed by atoms with E-state index in [4.69, 9.17) is 0 Å². The SMILES string of the molecule is CC1C=C(C[N+](=O)[O-])CCC1. The van der Waals surface area contributed by atoms with E-state index in [1.807, 2.05) is 6.08 Å². The quantitative estimate of drug-likeness (QED) is 0.348. The first kappa shape index (κ1) is 8.24. The standard InChI is InChI=1S/C8H13NO2/c1-7-3-2-4-8(5-7)6-9(10)11/h5,7H,2-4,6H2,1H3. The van der Waals surface area contributed by atoms with Crippen LogP contribution in [0.2, 0.25) is 0 Å². The van der Waals surface area contributed by atoms with Crippen LogP contribution < -0.4 is 0 Å². The van der Waals surface area contributed by atoms with Crippen molar-refractivity contribution in [1.29, 1.82) is 0 Å². The smallest absolute Gasteiger partial charge is 0.224 e. The summed E-state index contributed by atoms with van der Waals surface area (Å²) in [5, 5.41) is 10.1. The van der Waals surface area contributed by atoms with E-state index in [0.717, 1.165) is 18.4 Å². The highest BCUT2D eigenvalue weighted by Crippen LogP contribution is 2.21. The van der Waals surface area contributed by atoms with E-state index < -0.39 is 0 Å². The average molecular weight is 155 g/mol. The lowest BCUT2D eigenvalue weighted by molar-refractivity contribution is -0.471. The Morgan fingerprint density at radius 1 is 1.82 bits per heavy atom. The van der Waals surface area contributed by atoms with Crippen molar-refractivity contribution in [2.45, 2.75) is 26.2 Å². The van der Waals surface area contributed by atoms with E-state index in [9.17, 15) is 10.1 Å². The summed E-state index contributed by atoms with van der Waals surface area (Å²) in [6.45, 7) is 2.16. The molecule has 0 radical (unpaired) electrons. The van der Waals surface area contributed by atoms with Crippen LogP contribution in [0.4, 0.5) is 0 Å². The predicted molar refractivity (Wildman–Crippen MR) is 43.0 cm³/mol. The normalized spacial score (nSPS) is 24.5. The summed E-state index contributed by atoms with van der Waals surface area (Å²) in [5.74, 6) is 0.540. The number of hydrogen-bond acceptors (Lipinski definition) is 2. The largest absolute Gasteiger partial charge is 0.264 e. The zero-order chi connectivity index (χ0) is 8.27. The fraction of sp³-hybridized carbons (Fsp3) is 0.750. The molecular formula is C8H13NO2. The Labute approximate surface area is 66.3 Å². The molecule has 0 spiro atoms. The maximum absolute atomic E-state index is 10.1. The molecule has 0 aliphatic heterocycles. The van der Waals surface area contributed by atoms with Gasteiger partial charge in [-0.1, -0.05) is 13.0 Å². The molecule has 0 aromatic rings. The van der Waals surface area contributed by atoms with Crippen molar-refractivity contribution in [3.05, 3.63) is 21.8 Å². The van der Waals surface area contributed by atoms with E-state index in [-0.39, 0.29) is 11.5 Å². The third-order valence-corrected chi connectivity index (χ3v) is 2.01. The Balaban J connectivity index is 2.49. The van der Waals surface area contributed by atoms with E-state index >= 15 is 0 Å². The van der Waals surface area contributed by atoms with Crippen LogP contribution in [0, 0.1) is 16.0 Å². The molecule has 1 unspecified atom stereocenters. The van der Waals surface area contributed by atoms with Crippen molar-refractivity contribution in [2.75, 3.05) is 6.54 Å². The van der Waals surface area contributed by atoms with Crippen molar-refractivity contribution < 1.29 is 4.92 Å². The number of allylic oxidation sites excluding steroid dienone is 1. The number of nitro groups is 1. The van der Waals surface area contributed by atoms with Gasteiger partial charge in [0.15, 0.2) is 0 Å². The second-order valence-electron chi connectivity index (χ2n) is 3.19. The van der Waals surface area contributed by atoms with Crippen LogP contribution in [0.25, 0.3) is 0 Å². The maximum atomic E-state index is 10.1. The highest BCUT2D eigenvalue weighted by molar-refractivity contribution is 5.07. The molecule has 0 aromatic carbocycles. The van der Waals surface area contributed by atoms with Gasteiger partial charge in [0.05, 0.1) is 0 Å².